The fourth-order valence-corrected chi connectivity index (χ4v) is 3.84. The van der Waals surface area contributed by atoms with Crippen molar-refractivity contribution < 1.29 is 4.79 Å². The lowest BCUT2D eigenvalue weighted by Gasteiger charge is -2.06. The van der Waals surface area contributed by atoms with Gasteiger partial charge in [0.05, 0.1) is 0 Å². The topological polar surface area (TPSA) is 97.4 Å². The average Bonchev–Trinajstić information content (AvgIpc) is 3.20. The maximum atomic E-state index is 12.6. The second-order valence-electron chi connectivity index (χ2n) is 6.43. The number of benzene rings is 1. The molecule has 0 bridgehead atoms. The number of nitrogens with zero attached hydrogens (tertiary/aromatic N) is 6. The van der Waals surface area contributed by atoms with Crippen molar-refractivity contribution in [2.75, 3.05) is 24.3 Å². The number of halogens is 1. The highest BCUT2D eigenvalue weighted by atomic mass is 79.9. The van der Waals surface area contributed by atoms with Crippen LogP contribution in [0.4, 0.5) is 10.8 Å². The Morgan fingerprint density at radius 2 is 2.14 bits per heavy atom. The lowest BCUT2D eigenvalue weighted by molar-refractivity contribution is -0.117. The lowest BCUT2D eigenvalue weighted by atomic mass is 10.2. The van der Waals surface area contributed by atoms with E-state index in [4.69, 9.17) is 0 Å². The summed E-state index contributed by atoms with van der Waals surface area (Å²) in [6.07, 6.45) is 1.39. The number of carbonyl (C=O) groups is 1. The molecule has 3 aromatic heterocycles. The molecule has 1 aromatic carbocycles. The zero-order chi connectivity index (χ0) is 20.0. The first-order valence-corrected chi connectivity index (χ1v) is 9.92. The fraction of sp³-hybridized carbons (Fsp3) is 0.235. The summed E-state index contributed by atoms with van der Waals surface area (Å²) in [5, 5.41) is 7.89. The summed E-state index contributed by atoms with van der Waals surface area (Å²) in [5.41, 5.74) is 2.19. The zero-order valence-electron chi connectivity index (χ0n) is 15.3. The van der Waals surface area contributed by atoms with Gasteiger partial charge in [-0.1, -0.05) is 27.3 Å². The lowest BCUT2D eigenvalue weighted by Crippen LogP contribution is -2.28. The number of carbonyl (C=O) groups excluding carboxylic acids is 1. The number of hydrogen-bond acceptors (Lipinski definition) is 7. The molecule has 0 saturated heterocycles. The first kappa shape index (κ1) is 18.6. The molecule has 1 amide bonds. The Morgan fingerprint density at radius 1 is 1.36 bits per heavy atom. The molecule has 3 heterocycles. The predicted molar refractivity (Wildman–Crippen MR) is 112 cm³/mol. The van der Waals surface area contributed by atoms with Crippen molar-refractivity contribution in [2.45, 2.75) is 13.5 Å². The summed E-state index contributed by atoms with van der Waals surface area (Å²) in [6, 6.07) is 5.49. The molecule has 11 heteroatoms. The minimum absolute atomic E-state index is 0.198. The van der Waals surface area contributed by atoms with E-state index >= 15 is 0 Å². The first-order valence-electron chi connectivity index (χ1n) is 8.31. The fourth-order valence-electron chi connectivity index (χ4n) is 2.68. The van der Waals surface area contributed by atoms with E-state index in [-0.39, 0.29) is 12.5 Å². The van der Waals surface area contributed by atoms with Gasteiger partial charge in [-0.15, -0.1) is 5.10 Å². The van der Waals surface area contributed by atoms with Crippen molar-refractivity contribution in [1.82, 2.24) is 24.1 Å². The SMILES string of the molecule is Cc1cc(NC(=O)Cn2nc3c4sc(N(C)C)nc4ncn3c2=O)ccc1Br. The number of amides is 1. The van der Waals surface area contributed by atoms with Crippen molar-refractivity contribution in [3.63, 3.8) is 0 Å². The maximum absolute atomic E-state index is 12.6. The van der Waals surface area contributed by atoms with E-state index in [0.717, 1.165) is 19.8 Å². The summed E-state index contributed by atoms with van der Waals surface area (Å²) in [4.78, 5) is 35.5. The third-order valence-electron chi connectivity index (χ3n) is 4.08. The van der Waals surface area contributed by atoms with Gasteiger partial charge >= 0.3 is 5.69 Å². The van der Waals surface area contributed by atoms with Crippen LogP contribution in [0.1, 0.15) is 5.56 Å². The van der Waals surface area contributed by atoms with E-state index in [2.05, 4.69) is 36.3 Å². The standard InChI is InChI=1S/C17H16BrN7O2S/c1-9-6-10(4-5-11(9)18)20-12(26)7-25-17(27)24-8-19-14-13(15(24)22-25)28-16(21-14)23(2)3/h4-6,8H,7H2,1-3H3,(H,20,26). The van der Waals surface area contributed by atoms with Gasteiger partial charge in [0.1, 0.15) is 17.6 Å². The number of aromatic nitrogens is 5. The molecule has 4 rings (SSSR count). The molecule has 0 atom stereocenters. The van der Waals surface area contributed by atoms with Gasteiger partial charge < -0.3 is 10.2 Å². The van der Waals surface area contributed by atoms with E-state index in [1.54, 1.807) is 6.07 Å². The van der Waals surface area contributed by atoms with Crippen LogP contribution in [0, 0.1) is 6.92 Å². The maximum Gasteiger partial charge on any atom is 0.352 e. The highest BCUT2D eigenvalue weighted by Gasteiger charge is 2.17. The second kappa shape index (κ2) is 6.99. The number of nitrogens with one attached hydrogen (secondary N) is 1. The summed E-state index contributed by atoms with van der Waals surface area (Å²) >= 11 is 4.82. The van der Waals surface area contributed by atoms with Crippen molar-refractivity contribution >= 4 is 60.0 Å². The van der Waals surface area contributed by atoms with Crippen LogP contribution in [0.5, 0.6) is 0 Å². The van der Waals surface area contributed by atoms with E-state index in [1.165, 1.54) is 22.1 Å². The molecule has 0 saturated carbocycles. The molecular weight excluding hydrogens is 446 g/mol. The van der Waals surface area contributed by atoms with Gasteiger partial charge in [-0.25, -0.2) is 18.9 Å². The molecule has 0 unspecified atom stereocenters. The van der Waals surface area contributed by atoms with E-state index in [1.807, 2.05) is 38.1 Å². The number of aryl methyl sites for hydroxylation is 1. The molecule has 0 aliphatic heterocycles. The Labute approximate surface area is 171 Å². The van der Waals surface area contributed by atoms with Crippen LogP contribution in [-0.2, 0) is 11.3 Å². The van der Waals surface area contributed by atoms with Crippen LogP contribution in [-0.4, -0.2) is 44.2 Å². The van der Waals surface area contributed by atoms with Crippen molar-refractivity contribution in [1.29, 1.82) is 0 Å². The van der Waals surface area contributed by atoms with Gasteiger partial charge in [0.15, 0.2) is 16.4 Å². The minimum atomic E-state index is -0.425. The van der Waals surface area contributed by atoms with Gasteiger partial charge in [-0.05, 0) is 30.7 Å². The molecule has 0 spiro atoms. The smallest absolute Gasteiger partial charge is 0.352 e. The van der Waals surface area contributed by atoms with E-state index in [9.17, 15) is 9.59 Å². The van der Waals surface area contributed by atoms with Gasteiger partial charge in [-0.2, -0.15) is 4.98 Å². The minimum Gasteiger partial charge on any atom is -0.354 e. The zero-order valence-corrected chi connectivity index (χ0v) is 17.7. The summed E-state index contributed by atoms with van der Waals surface area (Å²) in [7, 11) is 3.77. The third-order valence-corrected chi connectivity index (χ3v) is 6.18. The molecule has 144 valence electrons. The monoisotopic (exact) mass is 461 g/mol. The molecule has 0 aliphatic carbocycles. The van der Waals surface area contributed by atoms with Crippen LogP contribution in [0.15, 0.2) is 33.8 Å². The summed E-state index contributed by atoms with van der Waals surface area (Å²) < 4.78 is 4.12. The van der Waals surface area contributed by atoms with Crippen molar-refractivity contribution in [2.24, 2.45) is 0 Å². The van der Waals surface area contributed by atoms with Crippen LogP contribution >= 0.6 is 27.3 Å². The molecule has 0 fully saturated rings. The van der Waals surface area contributed by atoms with Crippen LogP contribution in [0.2, 0.25) is 0 Å². The highest BCUT2D eigenvalue weighted by Crippen LogP contribution is 2.28. The largest absolute Gasteiger partial charge is 0.354 e. The van der Waals surface area contributed by atoms with Crippen LogP contribution in [0.25, 0.3) is 16.0 Å². The Kier molecular flexibility index (Phi) is 4.63. The number of hydrogen-bond donors (Lipinski definition) is 1. The van der Waals surface area contributed by atoms with E-state index < -0.39 is 5.69 Å². The molecule has 28 heavy (non-hydrogen) atoms. The Morgan fingerprint density at radius 3 is 2.86 bits per heavy atom. The van der Waals surface area contributed by atoms with Gasteiger partial charge in [0.2, 0.25) is 5.91 Å². The van der Waals surface area contributed by atoms with E-state index in [0.29, 0.717) is 21.7 Å². The normalized spacial score (nSPS) is 11.3. The number of rotatable bonds is 4. The van der Waals surface area contributed by atoms with Gasteiger partial charge in [0, 0.05) is 24.3 Å². The second-order valence-corrected chi connectivity index (χ2v) is 8.27. The summed E-state index contributed by atoms with van der Waals surface area (Å²) in [5.74, 6) is -0.338. The molecular formula is C17H16BrN7O2S. The van der Waals surface area contributed by atoms with Gasteiger partial charge in [-0.3, -0.25) is 4.79 Å². The first-order chi connectivity index (χ1) is 13.3. The third kappa shape index (κ3) is 3.27. The van der Waals surface area contributed by atoms with Crippen LogP contribution in [0.3, 0.4) is 0 Å². The molecule has 1 N–H and O–H groups in total. The number of thiazole rings is 1. The predicted octanol–water partition coefficient (Wildman–Crippen LogP) is 2.28. The average molecular weight is 462 g/mol. The van der Waals surface area contributed by atoms with Crippen molar-refractivity contribution in [3.8, 4) is 0 Å². The quantitative estimate of drug-likeness (QED) is 0.500. The Balaban J connectivity index is 1.65. The molecule has 0 aliphatic rings. The van der Waals surface area contributed by atoms with Crippen molar-refractivity contribution in [3.05, 3.63) is 45.0 Å². The summed E-state index contributed by atoms with van der Waals surface area (Å²) in [6.45, 7) is 1.73. The van der Waals surface area contributed by atoms with Crippen LogP contribution < -0.4 is 15.9 Å². The molecule has 0 radical (unpaired) electrons. The number of anilines is 2. The molecule has 4 aromatic rings. The Bertz CT molecular complexity index is 1270. The number of fused-ring (bicyclic) bond motifs is 3. The van der Waals surface area contributed by atoms with Gasteiger partial charge in [0.25, 0.3) is 0 Å². The highest BCUT2D eigenvalue weighted by molar-refractivity contribution is 9.10. The molecule has 9 nitrogen and oxygen atoms in total. The Hall–Kier alpha value is -2.79.